The summed E-state index contributed by atoms with van der Waals surface area (Å²) in [6.45, 7) is 2.24. The SMILES string of the molecule is C[C@]12CCCC[C@@H]1[C@@H]2C(=O)N/N=C\c1ccc(I)o1. The van der Waals surface area contributed by atoms with E-state index in [1.807, 2.05) is 12.1 Å². The van der Waals surface area contributed by atoms with Gasteiger partial charge in [0.25, 0.3) is 0 Å². The third-order valence-corrected chi connectivity index (χ3v) is 5.15. The fourth-order valence-corrected chi connectivity index (χ4v) is 3.91. The lowest BCUT2D eigenvalue weighted by atomic mass is 9.90. The molecule has 3 rings (SSSR count). The minimum Gasteiger partial charge on any atom is -0.449 e. The molecular formula is C14H17IN2O2. The summed E-state index contributed by atoms with van der Waals surface area (Å²) in [5.74, 6) is 1.45. The number of nitrogens with one attached hydrogen (secondary N) is 1. The molecule has 2 aliphatic carbocycles. The molecule has 0 aliphatic heterocycles. The van der Waals surface area contributed by atoms with E-state index < -0.39 is 0 Å². The average Bonchev–Trinajstić information content (AvgIpc) is 2.81. The van der Waals surface area contributed by atoms with Crippen LogP contribution >= 0.6 is 22.6 Å². The highest BCUT2D eigenvalue weighted by Crippen LogP contribution is 2.66. The summed E-state index contributed by atoms with van der Waals surface area (Å²) < 4.78 is 6.15. The van der Waals surface area contributed by atoms with Crippen LogP contribution in [0.5, 0.6) is 0 Å². The van der Waals surface area contributed by atoms with Gasteiger partial charge < -0.3 is 4.42 Å². The molecule has 1 amide bonds. The molecule has 2 saturated carbocycles. The van der Waals surface area contributed by atoms with Gasteiger partial charge >= 0.3 is 0 Å². The van der Waals surface area contributed by atoms with E-state index in [0.29, 0.717) is 11.7 Å². The molecule has 0 radical (unpaired) electrons. The van der Waals surface area contributed by atoms with Crippen molar-refractivity contribution in [1.82, 2.24) is 5.43 Å². The predicted octanol–water partition coefficient (Wildman–Crippen LogP) is 3.16. The molecule has 0 unspecified atom stereocenters. The summed E-state index contributed by atoms with van der Waals surface area (Å²) in [7, 11) is 0. The van der Waals surface area contributed by atoms with Crippen molar-refractivity contribution in [3.63, 3.8) is 0 Å². The van der Waals surface area contributed by atoms with Gasteiger partial charge in [0.2, 0.25) is 5.91 Å². The highest BCUT2D eigenvalue weighted by atomic mass is 127. The van der Waals surface area contributed by atoms with Crippen LogP contribution in [0.2, 0.25) is 0 Å². The average molecular weight is 372 g/mol. The zero-order valence-electron chi connectivity index (χ0n) is 10.9. The van der Waals surface area contributed by atoms with Crippen LogP contribution in [0.4, 0.5) is 0 Å². The Morgan fingerprint density at radius 3 is 3.05 bits per heavy atom. The third-order valence-electron chi connectivity index (χ3n) is 4.57. The third kappa shape index (κ3) is 2.44. The molecule has 102 valence electrons. The molecule has 2 fully saturated rings. The number of amides is 1. The number of hydrazone groups is 1. The maximum absolute atomic E-state index is 12.1. The first-order valence-electron chi connectivity index (χ1n) is 6.69. The molecule has 0 spiro atoms. The van der Waals surface area contributed by atoms with Gasteiger partial charge in [-0.1, -0.05) is 19.8 Å². The summed E-state index contributed by atoms with van der Waals surface area (Å²) in [4.78, 5) is 12.1. The predicted molar refractivity (Wildman–Crippen MR) is 80.7 cm³/mol. The van der Waals surface area contributed by atoms with Gasteiger partial charge in [-0.25, -0.2) is 5.43 Å². The van der Waals surface area contributed by atoms with Gasteiger partial charge in [-0.05, 0) is 58.9 Å². The van der Waals surface area contributed by atoms with Crippen LogP contribution < -0.4 is 5.43 Å². The molecule has 1 aromatic heterocycles. The Morgan fingerprint density at radius 2 is 2.42 bits per heavy atom. The van der Waals surface area contributed by atoms with E-state index in [2.05, 4.69) is 40.0 Å². The van der Waals surface area contributed by atoms with Gasteiger partial charge in [0.05, 0.1) is 6.21 Å². The number of furan rings is 1. The molecule has 4 nitrogen and oxygen atoms in total. The van der Waals surface area contributed by atoms with Gasteiger partial charge in [-0.15, -0.1) is 0 Å². The first-order chi connectivity index (χ1) is 9.11. The Hall–Kier alpha value is -0.850. The zero-order valence-corrected chi connectivity index (χ0v) is 13.0. The summed E-state index contributed by atoms with van der Waals surface area (Å²) in [5.41, 5.74) is 2.89. The molecular weight excluding hydrogens is 355 g/mol. The highest BCUT2D eigenvalue weighted by Gasteiger charge is 2.64. The van der Waals surface area contributed by atoms with Crippen LogP contribution in [-0.4, -0.2) is 12.1 Å². The fourth-order valence-electron chi connectivity index (χ4n) is 3.48. The quantitative estimate of drug-likeness (QED) is 0.504. The van der Waals surface area contributed by atoms with E-state index >= 15 is 0 Å². The lowest BCUT2D eigenvalue weighted by molar-refractivity contribution is -0.123. The second-order valence-electron chi connectivity index (χ2n) is 5.71. The Labute approximate surface area is 126 Å². The van der Waals surface area contributed by atoms with Crippen molar-refractivity contribution >= 4 is 34.7 Å². The van der Waals surface area contributed by atoms with E-state index in [1.54, 1.807) is 6.21 Å². The largest absolute Gasteiger partial charge is 0.449 e. The Bertz CT molecular complexity index is 525. The first kappa shape index (κ1) is 13.1. The van der Waals surface area contributed by atoms with Crippen LogP contribution in [-0.2, 0) is 4.79 Å². The van der Waals surface area contributed by atoms with E-state index in [9.17, 15) is 4.79 Å². The molecule has 0 bridgehead atoms. The molecule has 0 aromatic carbocycles. The van der Waals surface area contributed by atoms with Gasteiger partial charge in [0.1, 0.15) is 5.76 Å². The summed E-state index contributed by atoms with van der Waals surface area (Å²) >= 11 is 2.09. The minimum atomic E-state index is 0.0619. The van der Waals surface area contributed by atoms with Crippen LogP contribution in [0.25, 0.3) is 0 Å². The van der Waals surface area contributed by atoms with Gasteiger partial charge in [-0.3, -0.25) is 4.79 Å². The summed E-state index contributed by atoms with van der Waals surface area (Å²) in [6, 6.07) is 3.69. The van der Waals surface area contributed by atoms with Crippen molar-refractivity contribution in [2.75, 3.05) is 0 Å². The topological polar surface area (TPSA) is 54.6 Å². The Balaban J connectivity index is 1.56. The smallest absolute Gasteiger partial charge is 0.244 e. The number of nitrogens with zero attached hydrogens (tertiary/aromatic N) is 1. The number of hydrogen-bond acceptors (Lipinski definition) is 3. The summed E-state index contributed by atoms with van der Waals surface area (Å²) in [5, 5.41) is 3.98. The highest BCUT2D eigenvalue weighted by molar-refractivity contribution is 14.1. The standard InChI is InChI=1S/C14H17IN2O2/c1-14-7-3-2-4-10(14)12(14)13(18)17-16-8-9-5-6-11(15)19-9/h5-6,8,10,12H,2-4,7H2,1H3,(H,17,18)/b16-8-/t10-,12-,14+/m1/s1. The Morgan fingerprint density at radius 1 is 1.58 bits per heavy atom. The molecule has 1 aromatic rings. The monoisotopic (exact) mass is 372 g/mol. The van der Waals surface area contributed by atoms with E-state index in [1.165, 1.54) is 25.7 Å². The van der Waals surface area contributed by atoms with Crippen LogP contribution in [0.3, 0.4) is 0 Å². The lowest BCUT2D eigenvalue weighted by Crippen LogP contribution is -2.22. The van der Waals surface area contributed by atoms with Crippen molar-refractivity contribution in [3.8, 4) is 0 Å². The zero-order chi connectivity index (χ0) is 13.5. The molecule has 5 heteroatoms. The summed E-state index contributed by atoms with van der Waals surface area (Å²) in [6.07, 6.45) is 6.43. The van der Waals surface area contributed by atoms with E-state index in [0.717, 1.165) is 3.77 Å². The molecule has 1 N–H and O–H groups in total. The number of fused-ring (bicyclic) bond motifs is 1. The van der Waals surface area contributed by atoms with Crippen LogP contribution in [0.1, 0.15) is 38.4 Å². The normalized spacial score (nSPS) is 33.2. The van der Waals surface area contributed by atoms with Gasteiger partial charge in [-0.2, -0.15) is 5.10 Å². The number of rotatable bonds is 3. The number of hydrogen-bond donors (Lipinski definition) is 1. The van der Waals surface area contributed by atoms with Crippen LogP contribution in [0.15, 0.2) is 21.7 Å². The van der Waals surface area contributed by atoms with Crippen molar-refractivity contribution in [2.45, 2.75) is 32.6 Å². The molecule has 19 heavy (non-hydrogen) atoms. The molecule has 3 atom stereocenters. The molecule has 2 aliphatic rings. The van der Waals surface area contributed by atoms with E-state index in [-0.39, 0.29) is 17.2 Å². The second-order valence-corrected chi connectivity index (χ2v) is 6.78. The van der Waals surface area contributed by atoms with Crippen molar-refractivity contribution < 1.29 is 9.21 Å². The molecule has 0 saturated heterocycles. The van der Waals surface area contributed by atoms with E-state index in [4.69, 9.17) is 4.42 Å². The van der Waals surface area contributed by atoms with Crippen molar-refractivity contribution in [1.29, 1.82) is 0 Å². The van der Waals surface area contributed by atoms with Crippen LogP contribution in [0, 0.1) is 21.0 Å². The van der Waals surface area contributed by atoms with Crippen molar-refractivity contribution in [3.05, 3.63) is 21.7 Å². The minimum absolute atomic E-state index is 0.0619. The van der Waals surface area contributed by atoms with Gasteiger partial charge in [0.15, 0.2) is 3.77 Å². The lowest BCUT2D eigenvalue weighted by Gasteiger charge is -2.15. The second kappa shape index (κ2) is 4.92. The van der Waals surface area contributed by atoms with Gasteiger partial charge in [0, 0.05) is 5.92 Å². The maximum atomic E-state index is 12.1. The molecule has 1 heterocycles. The Kier molecular flexibility index (Phi) is 3.41. The number of carbonyl (C=O) groups excluding carboxylic acids is 1. The maximum Gasteiger partial charge on any atom is 0.244 e. The number of halogens is 1. The van der Waals surface area contributed by atoms with Crippen molar-refractivity contribution in [2.24, 2.45) is 22.4 Å². The fraction of sp³-hybridized carbons (Fsp3) is 0.571. The first-order valence-corrected chi connectivity index (χ1v) is 7.77. The number of carbonyl (C=O) groups is 1.